The molecule has 5 heteroatoms. The summed E-state index contributed by atoms with van der Waals surface area (Å²) in [5.41, 5.74) is 6.32. The Kier molecular flexibility index (Phi) is 4.85. The molecule has 0 aliphatic carbocycles. The van der Waals surface area contributed by atoms with E-state index in [9.17, 15) is 9.59 Å². The van der Waals surface area contributed by atoms with Crippen molar-refractivity contribution in [3.8, 4) is 0 Å². The number of hydrogen-bond acceptors (Lipinski definition) is 3. The Morgan fingerprint density at radius 2 is 1.67 bits per heavy atom. The zero-order valence-electron chi connectivity index (χ0n) is 11.0. The van der Waals surface area contributed by atoms with E-state index >= 15 is 0 Å². The fourth-order valence-electron chi connectivity index (χ4n) is 1.94. The highest BCUT2D eigenvalue weighted by molar-refractivity contribution is 5.85. The molecule has 1 rings (SSSR count). The van der Waals surface area contributed by atoms with Crippen molar-refractivity contribution >= 4 is 11.8 Å². The second-order valence-electron chi connectivity index (χ2n) is 4.40. The first-order valence-electron chi connectivity index (χ1n) is 5.77. The zero-order chi connectivity index (χ0) is 13.7. The van der Waals surface area contributed by atoms with E-state index in [1.54, 1.807) is 0 Å². The Bertz CT molecular complexity index is 446. The average molecular weight is 249 g/mol. The van der Waals surface area contributed by atoms with Crippen LogP contribution in [-0.4, -0.2) is 18.4 Å². The average Bonchev–Trinajstić information content (AvgIpc) is 2.30. The maximum atomic E-state index is 11.7. The van der Waals surface area contributed by atoms with Gasteiger partial charge in [0.15, 0.2) is 0 Å². The Morgan fingerprint density at radius 3 is 2.17 bits per heavy atom. The Morgan fingerprint density at radius 1 is 1.11 bits per heavy atom. The largest absolute Gasteiger partial charge is 0.347 e. The molecule has 0 aliphatic heterocycles. The van der Waals surface area contributed by atoms with Gasteiger partial charge in [-0.2, -0.15) is 0 Å². The molecule has 0 saturated carbocycles. The molecule has 0 heterocycles. The van der Waals surface area contributed by atoms with Crippen LogP contribution in [0.4, 0.5) is 0 Å². The van der Waals surface area contributed by atoms with Crippen molar-refractivity contribution in [2.24, 2.45) is 5.84 Å². The summed E-state index contributed by atoms with van der Waals surface area (Å²) in [5.74, 6) is 4.32. The summed E-state index contributed by atoms with van der Waals surface area (Å²) in [4.78, 5) is 22.6. The van der Waals surface area contributed by atoms with Crippen LogP contribution in [0.15, 0.2) is 12.1 Å². The number of carbonyl (C=O) groups excluding carboxylic acids is 2. The van der Waals surface area contributed by atoms with Crippen LogP contribution in [0.5, 0.6) is 0 Å². The molecule has 0 saturated heterocycles. The molecular weight excluding hydrogens is 230 g/mol. The number of nitrogens with one attached hydrogen (secondary N) is 2. The van der Waals surface area contributed by atoms with Crippen LogP contribution >= 0.6 is 0 Å². The summed E-state index contributed by atoms with van der Waals surface area (Å²) in [6.07, 6.45) is 0.274. The van der Waals surface area contributed by atoms with Crippen LogP contribution in [0.1, 0.15) is 22.3 Å². The van der Waals surface area contributed by atoms with Gasteiger partial charge in [-0.3, -0.25) is 15.0 Å². The number of aryl methyl sites for hydroxylation is 3. The standard InChI is InChI=1S/C13H19N3O2/c1-8-4-9(2)11(10(3)5-8)6-12(17)15-7-13(18)16-14/h4-5H,6-7,14H2,1-3H3,(H,15,17)(H,16,18). The van der Waals surface area contributed by atoms with E-state index < -0.39 is 5.91 Å². The van der Waals surface area contributed by atoms with Crippen molar-refractivity contribution in [2.45, 2.75) is 27.2 Å². The molecule has 0 atom stereocenters. The summed E-state index contributed by atoms with van der Waals surface area (Å²) in [6.45, 7) is 5.89. The molecule has 4 N–H and O–H groups in total. The summed E-state index contributed by atoms with van der Waals surface area (Å²) >= 11 is 0. The fourth-order valence-corrected chi connectivity index (χ4v) is 1.94. The van der Waals surface area contributed by atoms with Crippen LogP contribution in [0.25, 0.3) is 0 Å². The fraction of sp³-hybridized carbons (Fsp3) is 0.385. The molecule has 0 unspecified atom stereocenters. The van der Waals surface area contributed by atoms with E-state index in [-0.39, 0.29) is 18.9 Å². The molecule has 0 fully saturated rings. The molecule has 0 spiro atoms. The highest BCUT2D eigenvalue weighted by Crippen LogP contribution is 2.16. The quantitative estimate of drug-likeness (QED) is 0.406. The molecule has 1 aromatic carbocycles. The van der Waals surface area contributed by atoms with Gasteiger partial charge >= 0.3 is 0 Å². The van der Waals surface area contributed by atoms with E-state index in [1.807, 2.05) is 38.3 Å². The third kappa shape index (κ3) is 3.85. The van der Waals surface area contributed by atoms with Gasteiger partial charge in [0.1, 0.15) is 0 Å². The summed E-state index contributed by atoms with van der Waals surface area (Å²) in [6, 6.07) is 4.09. The highest BCUT2D eigenvalue weighted by atomic mass is 16.2. The lowest BCUT2D eigenvalue weighted by molar-refractivity contribution is -0.125. The van der Waals surface area contributed by atoms with Crippen molar-refractivity contribution in [2.75, 3.05) is 6.54 Å². The minimum Gasteiger partial charge on any atom is -0.347 e. The summed E-state index contributed by atoms with van der Waals surface area (Å²) < 4.78 is 0. The SMILES string of the molecule is Cc1cc(C)c(CC(=O)NCC(=O)NN)c(C)c1. The van der Waals surface area contributed by atoms with Gasteiger partial charge in [0.25, 0.3) is 5.91 Å². The predicted octanol–water partition coefficient (Wildman–Crippen LogP) is 0.260. The highest BCUT2D eigenvalue weighted by Gasteiger charge is 2.10. The molecule has 0 aromatic heterocycles. The molecule has 0 radical (unpaired) electrons. The van der Waals surface area contributed by atoms with Crippen molar-refractivity contribution in [1.29, 1.82) is 0 Å². The minimum absolute atomic E-state index is 0.0979. The number of amides is 2. The van der Waals surface area contributed by atoms with Gasteiger partial charge in [-0.05, 0) is 37.5 Å². The molecule has 18 heavy (non-hydrogen) atoms. The zero-order valence-corrected chi connectivity index (χ0v) is 11.0. The van der Waals surface area contributed by atoms with Crippen molar-refractivity contribution in [3.63, 3.8) is 0 Å². The van der Waals surface area contributed by atoms with Gasteiger partial charge in [-0.1, -0.05) is 17.7 Å². The number of rotatable bonds is 4. The molecule has 0 aliphatic rings. The second-order valence-corrected chi connectivity index (χ2v) is 4.40. The Hall–Kier alpha value is -1.88. The first kappa shape index (κ1) is 14.2. The number of nitrogens with two attached hydrogens (primary N) is 1. The van der Waals surface area contributed by atoms with Gasteiger partial charge in [-0.25, -0.2) is 5.84 Å². The Balaban J connectivity index is 2.68. The molecule has 98 valence electrons. The third-order valence-corrected chi connectivity index (χ3v) is 2.78. The van der Waals surface area contributed by atoms with E-state index in [0.717, 1.165) is 16.7 Å². The van der Waals surface area contributed by atoms with Crippen molar-refractivity contribution in [3.05, 3.63) is 34.4 Å². The van der Waals surface area contributed by atoms with E-state index in [0.29, 0.717) is 0 Å². The monoisotopic (exact) mass is 249 g/mol. The second kappa shape index (κ2) is 6.16. The third-order valence-electron chi connectivity index (χ3n) is 2.78. The topological polar surface area (TPSA) is 84.2 Å². The maximum Gasteiger partial charge on any atom is 0.253 e. The molecule has 0 bridgehead atoms. The van der Waals surface area contributed by atoms with Crippen LogP contribution in [0.2, 0.25) is 0 Å². The Labute approximate surface area is 107 Å². The van der Waals surface area contributed by atoms with Gasteiger partial charge in [0, 0.05) is 0 Å². The lowest BCUT2D eigenvalue weighted by atomic mass is 9.97. The smallest absolute Gasteiger partial charge is 0.253 e. The number of hydrazine groups is 1. The first-order chi connectivity index (χ1) is 8.43. The predicted molar refractivity (Wildman–Crippen MR) is 69.7 cm³/mol. The van der Waals surface area contributed by atoms with Gasteiger partial charge in [-0.15, -0.1) is 0 Å². The minimum atomic E-state index is -0.416. The summed E-state index contributed by atoms with van der Waals surface area (Å²) in [7, 11) is 0. The lowest BCUT2D eigenvalue weighted by Gasteiger charge is -2.11. The van der Waals surface area contributed by atoms with Crippen LogP contribution in [0, 0.1) is 20.8 Å². The number of carbonyl (C=O) groups is 2. The number of benzene rings is 1. The first-order valence-corrected chi connectivity index (χ1v) is 5.77. The van der Waals surface area contributed by atoms with Crippen molar-refractivity contribution in [1.82, 2.24) is 10.7 Å². The van der Waals surface area contributed by atoms with Gasteiger partial charge < -0.3 is 5.32 Å². The molecular formula is C13H19N3O2. The van der Waals surface area contributed by atoms with E-state index in [1.165, 1.54) is 5.56 Å². The van der Waals surface area contributed by atoms with E-state index in [4.69, 9.17) is 5.84 Å². The van der Waals surface area contributed by atoms with Crippen LogP contribution in [0.3, 0.4) is 0 Å². The number of hydrogen-bond donors (Lipinski definition) is 3. The van der Waals surface area contributed by atoms with Gasteiger partial charge in [0.2, 0.25) is 5.91 Å². The van der Waals surface area contributed by atoms with Crippen LogP contribution < -0.4 is 16.6 Å². The van der Waals surface area contributed by atoms with Crippen LogP contribution in [-0.2, 0) is 16.0 Å². The molecule has 5 nitrogen and oxygen atoms in total. The summed E-state index contributed by atoms with van der Waals surface area (Å²) in [5, 5.41) is 2.52. The van der Waals surface area contributed by atoms with Gasteiger partial charge in [0.05, 0.1) is 13.0 Å². The van der Waals surface area contributed by atoms with E-state index in [2.05, 4.69) is 5.32 Å². The molecule has 1 aromatic rings. The molecule has 2 amide bonds. The maximum absolute atomic E-state index is 11.7. The lowest BCUT2D eigenvalue weighted by Crippen LogP contribution is -2.40. The normalized spacial score (nSPS) is 10.0. The van der Waals surface area contributed by atoms with Crippen molar-refractivity contribution < 1.29 is 9.59 Å².